The number of aliphatic hydroxyl groups is 1. The van der Waals surface area contributed by atoms with Gasteiger partial charge in [0.1, 0.15) is 19.3 Å². The molecule has 5 atom stereocenters. The molecule has 0 fully saturated rings. The second kappa shape index (κ2) is 66.3. The van der Waals surface area contributed by atoms with E-state index in [1.54, 1.807) is 0 Å². The largest absolute Gasteiger partial charge is 0.472 e. The second-order valence-electron chi connectivity index (χ2n) is 29.7. The third-order valence-corrected chi connectivity index (χ3v) is 19.7. The van der Waals surface area contributed by atoms with Gasteiger partial charge in [-0.15, -0.1) is 0 Å². The average Bonchev–Trinajstić information content (AvgIpc) is 1.06. The van der Waals surface area contributed by atoms with Crippen LogP contribution in [-0.4, -0.2) is 96.7 Å². The van der Waals surface area contributed by atoms with Crippen LogP contribution in [0.3, 0.4) is 0 Å². The highest BCUT2D eigenvalue weighted by atomic mass is 31.2. The van der Waals surface area contributed by atoms with Crippen molar-refractivity contribution in [3.8, 4) is 0 Å². The summed E-state index contributed by atoms with van der Waals surface area (Å²) in [5.41, 5.74) is 0. The van der Waals surface area contributed by atoms with E-state index in [0.717, 1.165) is 114 Å². The van der Waals surface area contributed by atoms with E-state index in [-0.39, 0.29) is 25.7 Å². The molecule has 0 saturated heterocycles. The van der Waals surface area contributed by atoms with Crippen molar-refractivity contribution in [2.75, 3.05) is 39.6 Å². The molecule has 19 heteroatoms. The van der Waals surface area contributed by atoms with Gasteiger partial charge in [0.2, 0.25) is 0 Å². The summed E-state index contributed by atoms with van der Waals surface area (Å²) in [6.45, 7) is 14.2. The van der Waals surface area contributed by atoms with Gasteiger partial charge in [0.25, 0.3) is 0 Å². The van der Waals surface area contributed by atoms with Gasteiger partial charge < -0.3 is 33.8 Å². The highest BCUT2D eigenvalue weighted by Crippen LogP contribution is 2.45. The number of hydrogen-bond acceptors (Lipinski definition) is 15. The summed E-state index contributed by atoms with van der Waals surface area (Å²) < 4.78 is 68.5. The van der Waals surface area contributed by atoms with Gasteiger partial charge >= 0.3 is 39.5 Å². The van der Waals surface area contributed by atoms with Gasteiger partial charge in [-0.25, -0.2) is 9.13 Å². The molecular weight excluding hydrogens is 1260 g/mol. The van der Waals surface area contributed by atoms with Crippen LogP contribution in [0.15, 0.2) is 0 Å². The van der Waals surface area contributed by atoms with Gasteiger partial charge in [-0.2, -0.15) is 0 Å². The molecule has 3 N–H and O–H groups in total. The topological polar surface area (TPSA) is 237 Å². The normalized spacial score (nSPS) is 14.1. The third kappa shape index (κ3) is 70.5. The quantitative estimate of drug-likeness (QED) is 0.0222. The monoisotopic (exact) mass is 1410 g/mol. The first-order valence-electron chi connectivity index (χ1n) is 39.7. The maximum absolute atomic E-state index is 13.1. The fourth-order valence-corrected chi connectivity index (χ4v) is 13.3. The predicted molar refractivity (Wildman–Crippen MR) is 391 cm³/mol. The van der Waals surface area contributed by atoms with Crippen molar-refractivity contribution in [2.24, 2.45) is 23.7 Å². The molecule has 0 aromatic carbocycles. The Bertz CT molecular complexity index is 1880. The zero-order chi connectivity index (χ0) is 71.0. The molecule has 17 nitrogen and oxygen atoms in total. The average molecular weight is 1410 g/mol. The Labute approximate surface area is 588 Å². The molecule has 0 aliphatic carbocycles. The Morgan fingerprint density at radius 2 is 0.438 bits per heavy atom. The molecule has 0 rings (SSSR count). The summed E-state index contributed by atoms with van der Waals surface area (Å²) in [5, 5.41) is 10.6. The standard InChI is InChI=1S/C77H150O17P2/c1-67(2)53-45-37-29-22-18-14-11-9-10-12-16-21-25-34-43-51-59-76(81)93-73(64-88-75(80)58-50-42-36-28-32-40-48-56-70(7)8)66-92-96(85,86)90-62-71(78)61-89-95(83,84)91-65-72(94-77(82)60-52-44-35-27-26-31-39-47-55-69(5)6)63-87-74(79)57-49-41-33-24-20-17-13-15-19-23-30-38-46-54-68(3)4/h67-73,78H,9-66H2,1-8H3,(H,83,84)(H,85,86)/t71?,72-,73-/m1/s1. The zero-order valence-corrected chi connectivity index (χ0v) is 64.8. The number of rotatable bonds is 74. The van der Waals surface area contributed by atoms with E-state index >= 15 is 0 Å². The molecule has 0 heterocycles. The van der Waals surface area contributed by atoms with E-state index in [1.807, 2.05) is 0 Å². The van der Waals surface area contributed by atoms with Crippen molar-refractivity contribution in [1.82, 2.24) is 0 Å². The molecule has 0 saturated carbocycles. The number of carbonyl (C=O) groups excluding carboxylic acids is 4. The van der Waals surface area contributed by atoms with E-state index in [2.05, 4.69) is 55.4 Å². The Morgan fingerprint density at radius 3 is 0.646 bits per heavy atom. The highest BCUT2D eigenvalue weighted by molar-refractivity contribution is 7.47. The Hall–Kier alpha value is -1.94. The van der Waals surface area contributed by atoms with Gasteiger partial charge in [0.15, 0.2) is 12.2 Å². The predicted octanol–water partition coefficient (Wildman–Crippen LogP) is 22.4. The van der Waals surface area contributed by atoms with E-state index in [0.29, 0.717) is 31.6 Å². The van der Waals surface area contributed by atoms with E-state index < -0.39 is 97.5 Å². The number of unbranched alkanes of at least 4 members (excludes halogenated alkanes) is 40. The Balaban J connectivity index is 5.20. The molecule has 0 amide bonds. The number of phosphoric ester groups is 2. The van der Waals surface area contributed by atoms with Crippen LogP contribution in [0.4, 0.5) is 0 Å². The minimum absolute atomic E-state index is 0.104. The molecule has 96 heavy (non-hydrogen) atoms. The minimum Gasteiger partial charge on any atom is -0.462 e. The number of aliphatic hydroxyl groups excluding tert-OH is 1. The third-order valence-electron chi connectivity index (χ3n) is 17.8. The molecular formula is C77H150O17P2. The number of esters is 4. The van der Waals surface area contributed by atoms with Crippen LogP contribution in [0.1, 0.15) is 389 Å². The van der Waals surface area contributed by atoms with Crippen molar-refractivity contribution in [1.29, 1.82) is 0 Å². The maximum atomic E-state index is 13.1. The lowest BCUT2D eigenvalue weighted by Gasteiger charge is -2.21. The fraction of sp³-hybridized carbons (Fsp3) is 0.948. The fourth-order valence-electron chi connectivity index (χ4n) is 11.7. The molecule has 0 aliphatic heterocycles. The SMILES string of the molecule is CC(C)CCCCCCCCCCCCCCCCCCC(=O)O[C@H](COC(=O)CCCCCCCCCC(C)C)COP(=O)(O)OCC(O)COP(=O)(O)OC[C@@H](COC(=O)CCCCCCCCCCCCCCCC(C)C)OC(=O)CCCCCCCCCCC(C)C. The Morgan fingerprint density at radius 1 is 0.260 bits per heavy atom. The summed E-state index contributed by atoms with van der Waals surface area (Å²) in [7, 11) is -9.91. The molecule has 3 unspecified atom stereocenters. The van der Waals surface area contributed by atoms with E-state index in [1.165, 1.54) is 186 Å². The lowest BCUT2D eigenvalue weighted by atomic mass is 10.0. The first-order chi connectivity index (χ1) is 46.1. The van der Waals surface area contributed by atoms with Crippen molar-refractivity contribution in [3.63, 3.8) is 0 Å². The van der Waals surface area contributed by atoms with Gasteiger partial charge in [0, 0.05) is 25.7 Å². The van der Waals surface area contributed by atoms with Crippen molar-refractivity contribution in [3.05, 3.63) is 0 Å². The zero-order valence-electron chi connectivity index (χ0n) is 63.0. The second-order valence-corrected chi connectivity index (χ2v) is 32.6. The first-order valence-corrected chi connectivity index (χ1v) is 42.7. The summed E-state index contributed by atoms with van der Waals surface area (Å²) in [4.78, 5) is 72.8. The molecule has 0 bridgehead atoms. The summed E-state index contributed by atoms with van der Waals surface area (Å²) >= 11 is 0. The number of ether oxygens (including phenoxy) is 4. The van der Waals surface area contributed by atoms with Gasteiger partial charge in [0.05, 0.1) is 26.4 Å². The van der Waals surface area contributed by atoms with Crippen LogP contribution in [0.5, 0.6) is 0 Å². The van der Waals surface area contributed by atoms with Gasteiger partial charge in [-0.05, 0) is 49.4 Å². The van der Waals surface area contributed by atoms with Crippen LogP contribution in [0.2, 0.25) is 0 Å². The molecule has 0 aliphatic rings. The van der Waals surface area contributed by atoms with Crippen LogP contribution < -0.4 is 0 Å². The first kappa shape index (κ1) is 94.1. The minimum atomic E-state index is -4.96. The molecule has 570 valence electrons. The van der Waals surface area contributed by atoms with Crippen molar-refractivity contribution in [2.45, 2.75) is 408 Å². The van der Waals surface area contributed by atoms with E-state index in [4.69, 9.17) is 37.0 Å². The van der Waals surface area contributed by atoms with E-state index in [9.17, 15) is 43.2 Å². The molecule has 0 radical (unpaired) electrons. The summed E-state index contributed by atoms with van der Waals surface area (Å²) in [6.07, 6.45) is 51.5. The van der Waals surface area contributed by atoms with Gasteiger partial charge in [-0.3, -0.25) is 37.3 Å². The Kier molecular flexibility index (Phi) is 65.0. The smallest absolute Gasteiger partial charge is 0.462 e. The number of phosphoric acid groups is 2. The van der Waals surface area contributed by atoms with Crippen LogP contribution in [0, 0.1) is 23.7 Å². The molecule has 0 aromatic heterocycles. The lowest BCUT2D eigenvalue weighted by molar-refractivity contribution is -0.161. The van der Waals surface area contributed by atoms with Crippen molar-refractivity contribution >= 4 is 39.5 Å². The van der Waals surface area contributed by atoms with Crippen LogP contribution >= 0.6 is 15.6 Å². The summed E-state index contributed by atoms with van der Waals surface area (Å²) in [6, 6.07) is 0. The summed E-state index contributed by atoms with van der Waals surface area (Å²) in [5.74, 6) is 0.902. The molecule has 0 spiro atoms. The maximum Gasteiger partial charge on any atom is 0.472 e. The van der Waals surface area contributed by atoms with Crippen LogP contribution in [-0.2, 0) is 65.4 Å². The van der Waals surface area contributed by atoms with Crippen LogP contribution in [0.25, 0.3) is 0 Å². The number of carbonyl (C=O) groups is 4. The van der Waals surface area contributed by atoms with Gasteiger partial charge in [-0.1, -0.05) is 338 Å². The highest BCUT2D eigenvalue weighted by Gasteiger charge is 2.30. The number of hydrogen-bond donors (Lipinski definition) is 3. The van der Waals surface area contributed by atoms with Crippen molar-refractivity contribution < 1.29 is 80.2 Å². The lowest BCUT2D eigenvalue weighted by Crippen LogP contribution is -2.30. The molecule has 0 aromatic rings.